The minimum absolute atomic E-state index is 0.0880. The smallest absolute Gasteiger partial charge is 0.369 e. The summed E-state index contributed by atoms with van der Waals surface area (Å²) in [5.74, 6) is 0.0880. The van der Waals surface area contributed by atoms with Gasteiger partial charge in [0.2, 0.25) is 5.96 Å². The van der Waals surface area contributed by atoms with Gasteiger partial charge in [0.1, 0.15) is 0 Å². The van der Waals surface area contributed by atoms with Crippen molar-refractivity contribution in [3.8, 4) is 0 Å². The van der Waals surface area contributed by atoms with Crippen molar-refractivity contribution >= 4 is 16.4 Å². The van der Waals surface area contributed by atoms with E-state index < -0.39 is 10.4 Å². The lowest BCUT2D eigenvalue weighted by Crippen LogP contribution is -2.25. The maximum atomic E-state index is 8.74. The van der Waals surface area contributed by atoms with Crippen molar-refractivity contribution in [1.29, 1.82) is 0 Å². The Hall–Kier alpha value is -1.06. The zero-order chi connectivity index (χ0) is 10.4. The highest BCUT2D eigenvalue weighted by molar-refractivity contribution is 7.79. The van der Waals surface area contributed by atoms with Gasteiger partial charge in [0.25, 0.3) is 0 Å². The molecule has 0 radical (unpaired) electrons. The molecule has 8 nitrogen and oxygen atoms in total. The Labute approximate surface area is 70.4 Å². The fraction of sp³-hybridized carbons (Fsp3) is 0.667. The standard InChI is InChI=1S/C3H10N4.H2O4S/c1-7(2)6-3(4)5;1-5(2,3)4/h1-2H3,(H4,4,5,6);(H2,1,2,3,4). The largest absolute Gasteiger partial charge is 0.394 e. The molecule has 0 bridgehead atoms. The van der Waals surface area contributed by atoms with Gasteiger partial charge in [-0.25, -0.2) is 0 Å². The average Bonchev–Trinajstić information content (AvgIpc) is 1.52. The first kappa shape index (κ1) is 13.5. The highest BCUT2D eigenvalue weighted by atomic mass is 32.3. The second-order valence-corrected chi connectivity index (χ2v) is 2.72. The number of nitrogens with two attached hydrogens (primary N) is 2. The van der Waals surface area contributed by atoms with Gasteiger partial charge in [-0.2, -0.15) is 8.42 Å². The lowest BCUT2D eigenvalue weighted by Gasteiger charge is -2.01. The van der Waals surface area contributed by atoms with Crippen LogP contribution in [0.2, 0.25) is 0 Å². The van der Waals surface area contributed by atoms with Crippen molar-refractivity contribution in [2.24, 2.45) is 16.6 Å². The number of hydrogen-bond donors (Lipinski definition) is 4. The SMILES string of the molecule is CN(C)N=C(N)N.O=S(=O)(O)O. The van der Waals surface area contributed by atoms with Gasteiger partial charge in [-0.15, -0.1) is 5.10 Å². The van der Waals surface area contributed by atoms with Gasteiger partial charge in [0, 0.05) is 14.1 Å². The molecule has 0 aliphatic carbocycles. The van der Waals surface area contributed by atoms with E-state index in [1.807, 2.05) is 0 Å². The third-order valence-electron chi connectivity index (χ3n) is 0.315. The van der Waals surface area contributed by atoms with Crippen LogP contribution in [0.25, 0.3) is 0 Å². The van der Waals surface area contributed by atoms with Crippen molar-refractivity contribution in [2.45, 2.75) is 0 Å². The quantitative estimate of drug-likeness (QED) is 0.167. The molecule has 0 aromatic carbocycles. The minimum Gasteiger partial charge on any atom is -0.369 e. The van der Waals surface area contributed by atoms with Gasteiger partial charge in [-0.3, -0.25) is 14.1 Å². The number of hydrazone groups is 1. The second-order valence-electron chi connectivity index (χ2n) is 1.82. The van der Waals surface area contributed by atoms with Crippen LogP contribution in [-0.2, 0) is 10.4 Å². The van der Waals surface area contributed by atoms with Crippen LogP contribution in [0.5, 0.6) is 0 Å². The van der Waals surface area contributed by atoms with E-state index in [9.17, 15) is 0 Å². The zero-order valence-electron chi connectivity index (χ0n) is 6.67. The summed E-state index contributed by atoms with van der Waals surface area (Å²) in [5, 5.41) is 5.12. The molecule has 0 atom stereocenters. The number of nitrogens with zero attached hydrogens (tertiary/aromatic N) is 2. The highest BCUT2D eigenvalue weighted by Gasteiger charge is 1.84. The molecule has 0 aromatic rings. The van der Waals surface area contributed by atoms with Crippen LogP contribution in [0.3, 0.4) is 0 Å². The van der Waals surface area contributed by atoms with E-state index in [4.69, 9.17) is 29.0 Å². The summed E-state index contributed by atoms with van der Waals surface area (Å²) in [6.45, 7) is 0. The summed E-state index contributed by atoms with van der Waals surface area (Å²) in [4.78, 5) is 0. The van der Waals surface area contributed by atoms with Crippen molar-refractivity contribution in [2.75, 3.05) is 14.1 Å². The molecule has 9 heteroatoms. The predicted octanol–water partition coefficient (Wildman–Crippen LogP) is -1.92. The van der Waals surface area contributed by atoms with E-state index in [-0.39, 0.29) is 5.96 Å². The van der Waals surface area contributed by atoms with Gasteiger partial charge in [0.15, 0.2) is 0 Å². The van der Waals surface area contributed by atoms with Crippen LogP contribution in [0, 0.1) is 0 Å². The molecule has 0 fully saturated rings. The lowest BCUT2D eigenvalue weighted by atomic mass is 11.1. The molecule has 6 N–H and O–H groups in total. The molecule has 0 aliphatic rings. The van der Waals surface area contributed by atoms with Crippen molar-refractivity contribution in [3.05, 3.63) is 0 Å². The first-order valence-electron chi connectivity index (χ1n) is 2.59. The Bertz CT molecular complexity index is 221. The second kappa shape index (κ2) is 5.57. The number of guanidine groups is 1. The normalized spacial score (nSPS) is 9.33. The molecular formula is C3H12N4O4S. The third kappa shape index (κ3) is 65.2. The maximum Gasteiger partial charge on any atom is 0.394 e. The molecule has 74 valence electrons. The molecule has 0 saturated heterocycles. The molecule has 0 rings (SSSR count). The summed E-state index contributed by atoms with van der Waals surface area (Å²) in [6, 6.07) is 0. The van der Waals surface area contributed by atoms with Crippen molar-refractivity contribution in [3.63, 3.8) is 0 Å². The summed E-state index contributed by atoms with van der Waals surface area (Å²) in [7, 11) is -1.17. The van der Waals surface area contributed by atoms with Gasteiger partial charge in [0.05, 0.1) is 0 Å². The third-order valence-corrected chi connectivity index (χ3v) is 0.315. The number of hydrogen-bond acceptors (Lipinski definition) is 4. The molecule has 0 heterocycles. The summed E-state index contributed by atoms with van der Waals surface area (Å²) in [6.07, 6.45) is 0. The summed E-state index contributed by atoms with van der Waals surface area (Å²) in [5.41, 5.74) is 9.96. The van der Waals surface area contributed by atoms with E-state index in [1.165, 1.54) is 5.01 Å². The van der Waals surface area contributed by atoms with Gasteiger partial charge in [-0.1, -0.05) is 0 Å². The van der Waals surface area contributed by atoms with E-state index in [2.05, 4.69) is 5.10 Å². The Morgan fingerprint density at radius 2 is 1.58 bits per heavy atom. The summed E-state index contributed by atoms with van der Waals surface area (Å²) >= 11 is 0. The van der Waals surface area contributed by atoms with Crippen LogP contribution in [0.4, 0.5) is 0 Å². The Balaban J connectivity index is 0. The van der Waals surface area contributed by atoms with Crippen molar-refractivity contribution < 1.29 is 17.5 Å². The summed E-state index contributed by atoms with van der Waals surface area (Å²) < 4.78 is 31.6. The van der Waals surface area contributed by atoms with E-state index >= 15 is 0 Å². The molecule has 0 spiro atoms. The molecular weight excluding hydrogens is 188 g/mol. The van der Waals surface area contributed by atoms with Crippen LogP contribution >= 0.6 is 0 Å². The molecule has 0 aliphatic heterocycles. The highest BCUT2D eigenvalue weighted by Crippen LogP contribution is 1.68. The van der Waals surface area contributed by atoms with Gasteiger partial charge in [-0.05, 0) is 0 Å². The Morgan fingerprint density at radius 1 is 1.33 bits per heavy atom. The van der Waals surface area contributed by atoms with E-state index in [0.29, 0.717) is 0 Å². The minimum atomic E-state index is -4.67. The maximum absolute atomic E-state index is 8.74. The van der Waals surface area contributed by atoms with Crippen LogP contribution in [0.15, 0.2) is 5.10 Å². The van der Waals surface area contributed by atoms with E-state index in [0.717, 1.165) is 0 Å². The van der Waals surface area contributed by atoms with E-state index in [1.54, 1.807) is 14.1 Å². The molecule has 0 aromatic heterocycles. The van der Waals surface area contributed by atoms with Crippen LogP contribution in [-0.4, -0.2) is 42.6 Å². The Kier molecular flexibility index (Phi) is 6.28. The van der Waals surface area contributed by atoms with Crippen molar-refractivity contribution in [1.82, 2.24) is 5.01 Å². The monoisotopic (exact) mass is 200 g/mol. The molecule has 12 heavy (non-hydrogen) atoms. The first-order valence-corrected chi connectivity index (χ1v) is 3.99. The van der Waals surface area contributed by atoms with Crippen LogP contribution in [0.1, 0.15) is 0 Å². The van der Waals surface area contributed by atoms with Gasteiger partial charge >= 0.3 is 10.4 Å². The zero-order valence-corrected chi connectivity index (χ0v) is 7.48. The topological polar surface area (TPSA) is 142 Å². The van der Waals surface area contributed by atoms with Gasteiger partial charge < -0.3 is 11.5 Å². The predicted molar refractivity (Wildman–Crippen MR) is 43.7 cm³/mol. The van der Waals surface area contributed by atoms with Crippen LogP contribution < -0.4 is 11.5 Å². The fourth-order valence-electron chi connectivity index (χ4n) is 0.231. The lowest BCUT2D eigenvalue weighted by molar-refractivity contribution is 0.381. The Morgan fingerprint density at radius 3 is 1.58 bits per heavy atom. The molecule has 0 amide bonds. The first-order chi connectivity index (χ1) is 5.13. The average molecular weight is 200 g/mol. The molecule has 0 saturated carbocycles. The number of rotatable bonds is 1. The fourth-order valence-corrected chi connectivity index (χ4v) is 0.231. The molecule has 0 unspecified atom stereocenters.